The Labute approximate surface area is 125 Å². The van der Waals surface area contributed by atoms with Crippen molar-refractivity contribution in [1.82, 2.24) is 9.97 Å². The molecule has 3 heterocycles. The number of hydrogen-bond acceptors (Lipinski definition) is 5. The van der Waals surface area contributed by atoms with Crippen LogP contribution in [-0.2, 0) is 0 Å². The third-order valence-electron chi connectivity index (χ3n) is 4.45. The fraction of sp³-hybridized carbons (Fsp3) is 0.467. The van der Waals surface area contributed by atoms with Gasteiger partial charge in [-0.05, 0) is 31.2 Å². The van der Waals surface area contributed by atoms with Crippen molar-refractivity contribution in [2.24, 2.45) is 5.73 Å². The summed E-state index contributed by atoms with van der Waals surface area (Å²) in [6.45, 7) is 1.19. The molecule has 0 amide bonds. The number of rotatable bonds is 2. The summed E-state index contributed by atoms with van der Waals surface area (Å²) in [6, 6.07) is 1.22. The molecule has 2 fully saturated rings. The zero-order chi connectivity index (χ0) is 15.4. The summed E-state index contributed by atoms with van der Waals surface area (Å²) in [5.41, 5.74) is 6.38. The first-order chi connectivity index (χ1) is 10.5. The van der Waals surface area contributed by atoms with E-state index >= 15 is 0 Å². The van der Waals surface area contributed by atoms with Gasteiger partial charge in [0.25, 0.3) is 5.56 Å². The number of H-pyrrole nitrogens is 1. The highest BCUT2D eigenvalue weighted by atomic mass is 19.1. The van der Waals surface area contributed by atoms with Crippen molar-refractivity contribution < 1.29 is 9.50 Å². The van der Waals surface area contributed by atoms with Crippen molar-refractivity contribution in [3.8, 4) is 5.88 Å². The molecule has 0 bridgehead atoms. The van der Waals surface area contributed by atoms with Crippen LogP contribution in [0, 0.1) is 5.82 Å². The maximum atomic E-state index is 14.4. The summed E-state index contributed by atoms with van der Waals surface area (Å²) < 4.78 is 14.4. The van der Waals surface area contributed by atoms with Gasteiger partial charge in [-0.1, -0.05) is 0 Å². The lowest BCUT2D eigenvalue weighted by Crippen LogP contribution is -2.27. The van der Waals surface area contributed by atoms with Crippen molar-refractivity contribution >= 4 is 16.7 Å². The van der Waals surface area contributed by atoms with Gasteiger partial charge in [-0.25, -0.2) is 9.37 Å². The van der Waals surface area contributed by atoms with E-state index in [1.165, 1.54) is 6.07 Å². The quantitative estimate of drug-likeness (QED) is 0.774. The first-order valence-electron chi connectivity index (χ1n) is 7.50. The lowest BCUT2D eigenvalue weighted by Gasteiger charge is -2.18. The van der Waals surface area contributed by atoms with Gasteiger partial charge in [-0.15, -0.1) is 0 Å². The highest BCUT2D eigenvalue weighted by molar-refractivity contribution is 5.85. The van der Waals surface area contributed by atoms with Gasteiger partial charge in [0.1, 0.15) is 0 Å². The molecule has 1 unspecified atom stereocenters. The predicted molar refractivity (Wildman–Crippen MR) is 80.8 cm³/mol. The standard InChI is InChI=1S/C15H17FN4O2/c16-10-5-9-12(18-13(10)20-4-3-8(17)6-20)11(7-1-2-7)15(22)19-14(9)21/h5,7-8H,1-4,6,17H2,(H2,19,21,22). The number of nitrogens with two attached hydrogens (primary N) is 1. The van der Waals surface area contributed by atoms with Crippen LogP contribution in [0.25, 0.3) is 10.9 Å². The van der Waals surface area contributed by atoms with Crippen LogP contribution < -0.4 is 16.2 Å². The lowest BCUT2D eigenvalue weighted by molar-refractivity contribution is 0.446. The Bertz CT molecular complexity index is 815. The molecule has 2 aromatic rings. The highest BCUT2D eigenvalue weighted by Gasteiger charge is 2.31. The van der Waals surface area contributed by atoms with Gasteiger partial charge in [0.05, 0.1) is 10.9 Å². The van der Waals surface area contributed by atoms with Crippen LogP contribution in [0.5, 0.6) is 5.88 Å². The second-order valence-electron chi connectivity index (χ2n) is 6.18. The van der Waals surface area contributed by atoms with E-state index in [1.54, 1.807) is 4.90 Å². The van der Waals surface area contributed by atoms with Gasteiger partial charge in [-0.2, -0.15) is 0 Å². The van der Waals surface area contributed by atoms with Gasteiger partial charge in [0.2, 0.25) is 0 Å². The molecule has 1 saturated heterocycles. The number of aromatic nitrogens is 2. The molecular weight excluding hydrogens is 287 g/mol. The Hall–Kier alpha value is -2.15. The Morgan fingerprint density at radius 3 is 2.82 bits per heavy atom. The van der Waals surface area contributed by atoms with Gasteiger partial charge in [0.15, 0.2) is 17.5 Å². The predicted octanol–water partition coefficient (Wildman–Crippen LogP) is 1.18. The number of aromatic hydroxyl groups is 1. The van der Waals surface area contributed by atoms with Crippen LogP contribution in [0.2, 0.25) is 0 Å². The van der Waals surface area contributed by atoms with Crippen LogP contribution >= 0.6 is 0 Å². The van der Waals surface area contributed by atoms with Crippen LogP contribution in [0.4, 0.5) is 10.2 Å². The molecule has 1 aliphatic heterocycles. The number of fused-ring (bicyclic) bond motifs is 1. The Morgan fingerprint density at radius 1 is 1.41 bits per heavy atom. The molecule has 0 aromatic carbocycles. The number of halogens is 1. The maximum absolute atomic E-state index is 14.4. The molecular formula is C15H17FN4O2. The summed E-state index contributed by atoms with van der Waals surface area (Å²) in [5, 5.41) is 10.2. The third kappa shape index (κ3) is 2.04. The molecule has 116 valence electrons. The van der Waals surface area contributed by atoms with Crippen LogP contribution in [0.15, 0.2) is 10.9 Å². The normalized spacial score (nSPS) is 21.7. The molecule has 1 aliphatic carbocycles. The largest absolute Gasteiger partial charge is 0.494 e. The number of anilines is 1. The van der Waals surface area contributed by atoms with Gasteiger partial charge >= 0.3 is 0 Å². The first kappa shape index (κ1) is 13.5. The van der Waals surface area contributed by atoms with Crippen LogP contribution in [0.3, 0.4) is 0 Å². The first-order valence-corrected chi connectivity index (χ1v) is 7.50. The van der Waals surface area contributed by atoms with Gasteiger partial charge in [0, 0.05) is 24.7 Å². The van der Waals surface area contributed by atoms with Crippen molar-refractivity contribution in [2.45, 2.75) is 31.2 Å². The Balaban J connectivity index is 1.94. The number of nitrogens with one attached hydrogen (secondary N) is 1. The molecule has 4 rings (SSSR count). The van der Waals surface area contributed by atoms with E-state index in [9.17, 15) is 14.3 Å². The Morgan fingerprint density at radius 2 is 2.18 bits per heavy atom. The van der Waals surface area contributed by atoms with Crippen molar-refractivity contribution in [2.75, 3.05) is 18.0 Å². The summed E-state index contributed by atoms with van der Waals surface area (Å²) in [7, 11) is 0. The Kier molecular flexibility index (Phi) is 2.87. The minimum atomic E-state index is -0.528. The highest BCUT2D eigenvalue weighted by Crippen LogP contribution is 2.45. The third-order valence-corrected chi connectivity index (χ3v) is 4.45. The number of hydrogen-bond donors (Lipinski definition) is 3. The molecule has 2 aliphatic rings. The average Bonchev–Trinajstić information content (AvgIpc) is 3.20. The SMILES string of the molecule is NC1CCN(c2nc3c(C4CC4)c(O)[nH]c(=O)c3cc2F)C1. The summed E-state index contributed by atoms with van der Waals surface area (Å²) in [4.78, 5) is 20.6. The summed E-state index contributed by atoms with van der Waals surface area (Å²) in [6.07, 6.45) is 2.67. The number of pyridine rings is 2. The van der Waals surface area contributed by atoms with Crippen molar-refractivity contribution in [3.63, 3.8) is 0 Å². The van der Waals surface area contributed by atoms with Gasteiger partial charge < -0.3 is 15.7 Å². The van der Waals surface area contributed by atoms with E-state index in [0.717, 1.165) is 19.3 Å². The molecule has 0 radical (unpaired) electrons. The molecule has 2 aromatic heterocycles. The second kappa shape index (κ2) is 4.67. The molecule has 6 nitrogen and oxygen atoms in total. The molecule has 0 spiro atoms. The van der Waals surface area contributed by atoms with Crippen molar-refractivity contribution in [1.29, 1.82) is 0 Å². The number of aromatic amines is 1. The van der Waals surface area contributed by atoms with E-state index in [-0.39, 0.29) is 29.0 Å². The fourth-order valence-electron chi connectivity index (χ4n) is 3.17. The monoisotopic (exact) mass is 304 g/mol. The molecule has 22 heavy (non-hydrogen) atoms. The lowest BCUT2D eigenvalue weighted by atomic mass is 10.1. The van der Waals surface area contributed by atoms with Gasteiger partial charge in [-0.3, -0.25) is 9.78 Å². The average molecular weight is 304 g/mol. The minimum Gasteiger partial charge on any atom is -0.494 e. The summed E-state index contributed by atoms with van der Waals surface area (Å²) in [5.74, 6) is -0.277. The molecule has 1 saturated carbocycles. The minimum absolute atomic E-state index is 0.00683. The van der Waals surface area contributed by atoms with E-state index in [4.69, 9.17) is 5.73 Å². The van der Waals surface area contributed by atoms with E-state index in [1.807, 2.05) is 0 Å². The molecule has 1 atom stereocenters. The summed E-state index contributed by atoms with van der Waals surface area (Å²) >= 11 is 0. The fourth-order valence-corrected chi connectivity index (χ4v) is 3.17. The maximum Gasteiger partial charge on any atom is 0.260 e. The zero-order valence-electron chi connectivity index (χ0n) is 12.0. The van der Waals surface area contributed by atoms with Crippen LogP contribution in [0.1, 0.15) is 30.7 Å². The van der Waals surface area contributed by atoms with E-state index in [0.29, 0.717) is 24.2 Å². The molecule has 7 heteroatoms. The van der Waals surface area contributed by atoms with E-state index in [2.05, 4.69) is 9.97 Å². The second-order valence-corrected chi connectivity index (χ2v) is 6.18. The van der Waals surface area contributed by atoms with Crippen molar-refractivity contribution in [3.05, 3.63) is 27.8 Å². The van der Waals surface area contributed by atoms with E-state index < -0.39 is 11.4 Å². The smallest absolute Gasteiger partial charge is 0.260 e. The van der Waals surface area contributed by atoms with Crippen LogP contribution in [-0.4, -0.2) is 34.2 Å². The zero-order valence-corrected chi connectivity index (χ0v) is 12.0. The molecule has 4 N–H and O–H groups in total. The topological polar surface area (TPSA) is 95.2 Å². The number of nitrogens with zero attached hydrogens (tertiary/aromatic N) is 2.